The molecule has 0 saturated carbocycles. The number of hydrogen-bond donors (Lipinski definition) is 1. The quantitative estimate of drug-likeness (QED) is 0.545. The predicted molar refractivity (Wildman–Crippen MR) is 55.0 cm³/mol. The zero-order valence-corrected chi connectivity index (χ0v) is 9.11. The van der Waals surface area contributed by atoms with Gasteiger partial charge in [0, 0.05) is 50.6 Å². The van der Waals surface area contributed by atoms with Crippen LogP contribution in [0.15, 0.2) is 0 Å². The van der Waals surface area contributed by atoms with Gasteiger partial charge >= 0.3 is 0 Å². The first-order valence-electron chi connectivity index (χ1n) is 5.66. The molecule has 4 saturated heterocycles. The number of nitriles is 1. The molecule has 0 aliphatic carbocycles. The number of hydrogen-bond acceptors (Lipinski definition) is 4. The van der Waals surface area contributed by atoms with Crippen LogP contribution in [0.2, 0.25) is 0 Å². The third-order valence-electron chi connectivity index (χ3n) is 4.52. The molecular formula is C11H17N3O. The Morgan fingerprint density at radius 2 is 1.80 bits per heavy atom. The van der Waals surface area contributed by atoms with E-state index < -0.39 is 5.60 Å². The Bertz CT molecular complexity index is 321. The molecule has 1 N–H and O–H groups in total. The molecule has 0 amide bonds. The summed E-state index contributed by atoms with van der Waals surface area (Å²) in [5.41, 5.74) is -1.37. The van der Waals surface area contributed by atoms with E-state index in [1.165, 1.54) is 0 Å². The molecule has 4 rings (SSSR count). The monoisotopic (exact) mass is 207 g/mol. The summed E-state index contributed by atoms with van der Waals surface area (Å²) in [6.45, 7) is 7.74. The number of rotatable bonds is 0. The van der Waals surface area contributed by atoms with Crippen molar-refractivity contribution in [2.45, 2.75) is 12.5 Å². The van der Waals surface area contributed by atoms with Crippen molar-refractivity contribution >= 4 is 0 Å². The predicted octanol–water partition coefficient (Wildman–Crippen LogP) is -0.492. The Labute approximate surface area is 90.1 Å². The smallest absolute Gasteiger partial charge is 0.164 e. The lowest BCUT2D eigenvalue weighted by atomic mass is 9.62. The van der Waals surface area contributed by atoms with E-state index in [1.54, 1.807) is 0 Å². The van der Waals surface area contributed by atoms with Gasteiger partial charge in [-0.15, -0.1) is 0 Å². The SMILES string of the molecule is CC12CN3CCN(CC(C3)[C@]1(O)C#N)C2. The van der Waals surface area contributed by atoms with Crippen molar-refractivity contribution in [3.8, 4) is 6.07 Å². The largest absolute Gasteiger partial charge is 0.374 e. The standard InChI is InChI=1S/C11H17N3O/c1-10-7-13-2-3-14(8-10)5-9(4-13)11(10,15)6-12/h9,15H,2-5,7-8H2,1H3/t9?,10?,11-/m1/s1. The minimum absolute atomic E-state index is 0.109. The molecule has 4 fully saturated rings. The molecule has 3 atom stereocenters. The minimum Gasteiger partial charge on any atom is -0.374 e. The van der Waals surface area contributed by atoms with E-state index in [4.69, 9.17) is 0 Å². The van der Waals surface area contributed by atoms with E-state index >= 15 is 0 Å². The second-order valence-corrected chi connectivity index (χ2v) is 5.61. The van der Waals surface area contributed by atoms with Crippen LogP contribution in [0, 0.1) is 22.7 Å². The summed E-state index contributed by atoms with van der Waals surface area (Å²) in [5, 5.41) is 19.8. The molecule has 0 aromatic rings. The number of nitrogens with zero attached hydrogens (tertiary/aromatic N) is 3. The van der Waals surface area contributed by atoms with E-state index in [1.807, 2.05) is 0 Å². The van der Waals surface area contributed by atoms with E-state index in [9.17, 15) is 10.4 Å². The fourth-order valence-corrected chi connectivity index (χ4v) is 3.70. The van der Waals surface area contributed by atoms with Crippen LogP contribution < -0.4 is 0 Å². The summed E-state index contributed by atoms with van der Waals surface area (Å²) < 4.78 is 0. The molecule has 4 aliphatic rings. The van der Waals surface area contributed by atoms with Crippen molar-refractivity contribution in [1.29, 1.82) is 5.26 Å². The molecule has 4 heterocycles. The summed E-state index contributed by atoms with van der Waals surface area (Å²) >= 11 is 0. The van der Waals surface area contributed by atoms with Crippen LogP contribution in [-0.4, -0.2) is 59.8 Å². The van der Waals surface area contributed by atoms with Gasteiger partial charge in [-0.05, 0) is 0 Å². The fourth-order valence-electron chi connectivity index (χ4n) is 3.70. The van der Waals surface area contributed by atoms with Crippen LogP contribution >= 0.6 is 0 Å². The van der Waals surface area contributed by atoms with Crippen LogP contribution in [0.1, 0.15) is 6.92 Å². The van der Waals surface area contributed by atoms with Crippen molar-refractivity contribution in [1.82, 2.24) is 9.80 Å². The molecule has 4 heteroatoms. The maximum atomic E-state index is 10.6. The maximum absolute atomic E-state index is 10.6. The van der Waals surface area contributed by atoms with Gasteiger partial charge in [-0.2, -0.15) is 5.26 Å². The fraction of sp³-hybridized carbons (Fsp3) is 0.909. The Balaban J connectivity index is 2.07. The molecular weight excluding hydrogens is 190 g/mol. The Kier molecular flexibility index (Phi) is 1.75. The van der Waals surface area contributed by atoms with Gasteiger partial charge in [-0.1, -0.05) is 6.92 Å². The summed E-state index contributed by atoms with van der Waals surface area (Å²) in [7, 11) is 0. The Hall–Kier alpha value is -0.630. The molecule has 0 spiro atoms. The average Bonchev–Trinajstić information content (AvgIpc) is 2.43. The molecule has 4 bridgehead atoms. The normalized spacial score (nSPS) is 57.5. The van der Waals surface area contributed by atoms with Crippen LogP contribution in [0.5, 0.6) is 0 Å². The topological polar surface area (TPSA) is 50.5 Å². The third-order valence-corrected chi connectivity index (χ3v) is 4.52. The van der Waals surface area contributed by atoms with Gasteiger partial charge in [0.1, 0.15) is 0 Å². The lowest BCUT2D eigenvalue weighted by Crippen LogP contribution is -2.69. The van der Waals surface area contributed by atoms with Gasteiger partial charge in [-0.3, -0.25) is 0 Å². The first kappa shape index (κ1) is 9.59. The summed E-state index contributed by atoms with van der Waals surface area (Å²) in [4.78, 5) is 4.81. The molecule has 4 nitrogen and oxygen atoms in total. The Morgan fingerprint density at radius 3 is 2.20 bits per heavy atom. The van der Waals surface area contributed by atoms with Gasteiger partial charge in [-0.25, -0.2) is 0 Å². The highest BCUT2D eigenvalue weighted by Gasteiger charge is 2.61. The molecule has 0 aromatic heterocycles. The maximum Gasteiger partial charge on any atom is 0.164 e. The molecule has 2 unspecified atom stereocenters. The van der Waals surface area contributed by atoms with Crippen molar-refractivity contribution < 1.29 is 5.11 Å². The van der Waals surface area contributed by atoms with E-state index in [0.717, 1.165) is 39.3 Å². The molecule has 4 aliphatic heterocycles. The van der Waals surface area contributed by atoms with E-state index in [2.05, 4.69) is 22.8 Å². The van der Waals surface area contributed by atoms with Crippen molar-refractivity contribution in [2.75, 3.05) is 39.3 Å². The van der Waals surface area contributed by atoms with Crippen LogP contribution in [0.4, 0.5) is 0 Å². The van der Waals surface area contributed by atoms with Crippen LogP contribution in [-0.2, 0) is 0 Å². The molecule has 0 radical (unpaired) electrons. The highest BCUT2D eigenvalue weighted by molar-refractivity contribution is 5.21. The van der Waals surface area contributed by atoms with Gasteiger partial charge in [0.15, 0.2) is 5.60 Å². The van der Waals surface area contributed by atoms with Gasteiger partial charge < -0.3 is 14.9 Å². The van der Waals surface area contributed by atoms with Crippen LogP contribution in [0.3, 0.4) is 0 Å². The second kappa shape index (κ2) is 2.73. The van der Waals surface area contributed by atoms with Crippen molar-refractivity contribution in [3.63, 3.8) is 0 Å². The number of aliphatic hydroxyl groups is 1. The summed E-state index contributed by atoms with van der Waals surface area (Å²) in [6.07, 6.45) is 0. The third kappa shape index (κ3) is 1.06. The van der Waals surface area contributed by atoms with E-state index in [0.29, 0.717) is 0 Å². The lowest BCUT2D eigenvalue weighted by Gasteiger charge is -2.55. The first-order chi connectivity index (χ1) is 7.07. The lowest BCUT2D eigenvalue weighted by molar-refractivity contribution is -0.155. The van der Waals surface area contributed by atoms with E-state index in [-0.39, 0.29) is 11.3 Å². The van der Waals surface area contributed by atoms with Crippen molar-refractivity contribution in [2.24, 2.45) is 11.3 Å². The summed E-state index contributed by atoms with van der Waals surface area (Å²) in [6, 6.07) is 2.19. The highest BCUT2D eigenvalue weighted by Crippen LogP contribution is 2.47. The molecule has 0 aromatic carbocycles. The number of piperidine rings is 2. The average molecular weight is 207 g/mol. The van der Waals surface area contributed by atoms with Gasteiger partial charge in [0.25, 0.3) is 0 Å². The second-order valence-electron chi connectivity index (χ2n) is 5.61. The van der Waals surface area contributed by atoms with Crippen LogP contribution in [0.25, 0.3) is 0 Å². The molecule has 82 valence electrons. The van der Waals surface area contributed by atoms with Gasteiger partial charge in [0.05, 0.1) is 6.07 Å². The molecule has 15 heavy (non-hydrogen) atoms. The minimum atomic E-state index is -1.11. The Morgan fingerprint density at radius 1 is 1.27 bits per heavy atom. The van der Waals surface area contributed by atoms with Gasteiger partial charge in [0.2, 0.25) is 0 Å². The number of fused-ring (bicyclic) bond motifs is 1. The van der Waals surface area contributed by atoms with Crippen molar-refractivity contribution in [3.05, 3.63) is 0 Å². The zero-order chi connectivity index (χ0) is 10.7. The first-order valence-corrected chi connectivity index (χ1v) is 5.66. The zero-order valence-electron chi connectivity index (χ0n) is 9.11. The summed E-state index contributed by atoms with van der Waals surface area (Å²) in [5.74, 6) is 0.109. The highest BCUT2D eigenvalue weighted by atomic mass is 16.3.